The SMILES string of the molecule is CON(C)S(=O)(=O)c1cccc(C(=O)NCCOc2ccc(C)cc2C)c1. The quantitative estimate of drug-likeness (QED) is 0.550. The molecule has 27 heavy (non-hydrogen) atoms. The van der Waals surface area contributed by atoms with Crippen molar-refractivity contribution < 1.29 is 22.8 Å². The predicted molar refractivity (Wildman–Crippen MR) is 102 cm³/mol. The van der Waals surface area contributed by atoms with Gasteiger partial charge in [-0.3, -0.25) is 9.63 Å². The van der Waals surface area contributed by atoms with Crippen molar-refractivity contribution in [1.82, 2.24) is 9.79 Å². The summed E-state index contributed by atoms with van der Waals surface area (Å²) in [5.41, 5.74) is 2.43. The van der Waals surface area contributed by atoms with Crippen LogP contribution in [-0.4, -0.2) is 46.1 Å². The van der Waals surface area contributed by atoms with E-state index in [0.29, 0.717) is 13.2 Å². The van der Waals surface area contributed by atoms with E-state index in [-0.39, 0.29) is 16.4 Å². The number of ether oxygens (including phenoxy) is 1. The number of amides is 1. The van der Waals surface area contributed by atoms with E-state index in [1.807, 2.05) is 32.0 Å². The zero-order valence-corrected chi connectivity index (χ0v) is 16.7. The predicted octanol–water partition coefficient (Wildman–Crippen LogP) is 2.29. The Hall–Kier alpha value is -2.42. The van der Waals surface area contributed by atoms with Crippen molar-refractivity contribution in [2.45, 2.75) is 18.7 Å². The molecule has 0 bridgehead atoms. The molecule has 0 aromatic heterocycles. The first-order valence-corrected chi connectivity index (χ1v) is 9.81. The van der Waals surface area contributed by atoms with E-state index in [9.17, 15) is 13.2 Å². The second-order valence-electron chi connectivity index (χ2n) is 6.00. The Morgan fingerprint density at radius 1 is 1.15 bits per heavy atom. The summed E-state index contributed by atoms with van der Waals surface area (Å²) in [7, 11) is -1.27. The molecule has 1 amide bonds. The van der Waals surface area contributed by atoms with Gasteiger partial charge in [0.25, 0.3) is 15.9 Å². The van der Waals surface area contributed by atoms with Gasteiger partial charge >= 0.3 is 0 Å². The van der Waals surface area contributed by atoms with Crippen LogP contribution in [0.4, 0.5) is 0 Å². The van der Waals surface area contributed by atoms with Gasteiger partial charge in [0.2, 0.25) is 0 Å². The number of rotatable bonds is 8. The fraction of sp³-hybridized carbons (Fsp3) is 0.316. The van der Waals surface area contributed by atoms with E-state index >= 15 is 0 Å². The maximum absolute atomic E-state index is 12.3. The number of benzene rings is 2. The topological polar surface area (TPSA) is 84.9 Å². The number of carbonyl (C=O) groups is 1. The van der Waals surface area contributed by atoms with Crippen molar-refractivity contribution in [1.29, 1.82) is 0 Å². The van der Waals surface area contributed by atoms with E-state index in [1.54, 1.807) is 6.07 Å². The highest BCUT2D eigenvalue weighted by molar-refractivity contribution is 7.89. The molecule has 0 fully saturated rings. The molecule has 0 saturated heterocycles. The lowest BCUT2D eigenvalue weighted by molar-refractivity contribution is -0.0258. The Bertz CT molecular complexity index is 912. The first-order valence-electron chi connectivity index (χ1n) is 8.37. The average Bonchev–Trinajstić information content (AvgIpc) is 2.65. The summed E-state index contributed by atoms with van der Waals surface area (Å²) in [5.74, 6) is 0.391. The zero-order valence-electron chi connectivity index (χ0n) is 15.9. The van der Waals surface area contributed by atoms with E-state index in [4.69, 9.17) is 9.57 Å². The summed E-state index contributed by atoms with van der Waals surface area (Å²) in [6.45, 7) is 4.57. The lowest BCUT2D eigenvalue weighted by atomic mass is 10.1. The lowest BCUT2D eigenvalue weighted by Gasteiger charge is -2.14. The minimum absolute atomic E-state index is 0.0222. The van der Waals surface area contributed by atoms with Crippen LogP contribution in [0.2, 0.25) is 0 Å². The number of hydrogen-bond donors (Lipinski definition) is 1. The monoisotopic (exact) mass is 392 g/mol. The van der Waals surface area contributed by atoms with Crippen molar-refractivity contribution in [3.63, 3.8) is 0 Å². The number of nitrogens with one attached hydrogen (secondary N) is 1. The van der Waals surface area contributed by atoms with Gasteiger partial charge in [0.05, 0.1) is 18.6 Å². The van der Waals surface area contributed by atoms with Gasteiger partial charge in [0.1, 0.15) is 12.4 Å². The maximum atomic E-state index is 12.3. The van der Waals surface area contributed by atoms with Gasteiger partial charge in [-0.05, 0) is 43.7 Å². The summed E-state index contributed by atoms with van der Waals surface area (Å²) in [6.07, 6.45) is 0. The van der Waals surface area contributed by atoms with Crippen molar-refractivity contribution in [3.8, 4) is 5.75 Å². The van der Waals surface area contributed by atoms with Crippen molar-refractivity contribution >= 4 is 15.9 Å². The lowest BCUT2D eigenvalue weighted by Crippen LogP contribution is -2.29. The Balaban J connectivity index is 1.95. The molecule has 7 nitrogen and oxygen atoms in total. The molecule has 0 heterocycles. The number of carbonyl (C=O) groups excluding carboxylic acids is 1. The van der Waals surface area contributed by atoms with Crippen LogP contribution >= 0.6 is 0 Å². The molecular weight excluding hydrogens is 368 g/mol. The van der Waals surface area contributed by atoms with Gasteiger partial charge in [-0.25, -0.2) is 8.42 Å². The van der Waals surface area contributed by atoms with Gasteiger partial charge in [0, 0.05) is 12.6 Å². The van der Waals surface area contributed by atoms with Crippen LogP contribution in [0.15, 0.2) is 47.4 Å². The molecule has 0 radical (unpaired) electrons. The summed E-state index contributed by atoms with van der Waals surface area (Å²) in [4.78, 5) is 17.0. The standard InChI is InChI=1S/C19H24N2O5S/c1-14-8-9-18(15(2)12-14)26-11-10-20-19(22)16-6-5-7-17(13-16)27(23,24)21(3)25-4/h5-9,12-13H,10-11H2,1-4H3,(H,20,22). The van der Waals surface area contributed by atoms with Crippen LogP contribution in [0.3, 0.4) is 0 Å². The van der Waals surface area contributed by atoms with Gasteiger partial charge < -0.3 is 10.1 Å². The molecule has 2 aromatic rings. The third kappa shape index (κ3) is 5.29. The van der Waals surface area contributed by atoms with Crippen LogP contribution in [0, 0.1) is 13.8 Å². The summed E-state index contributed by atoms with van der Waals surface area (Å²) >= 11 is 0. The molecule has 0 aliphatic carbocycles. The highest BCUT2D eigenvalue weighted by Crippen LogP contribution is 2.18. The van der Waals surface area contributed by atoms with E-state index in [0.717, 1.165) is 21.3 Å². The number of hydrogen-bond acceptors (Lipinski definition) is 5. The number of nitrogens with zero attached hydrogens (tertiary/aromatic N) is 1. The van der Waals surface area contributed by atoms with Crippen molar-refractivity contribution in [2.75, 3.05) is 27.3 Å². The molecule has 0 atom stereocenters. The van der Waals surface area contributed by atoms with Crippen LogP contribution in [0.1, 0.15) is 21.5 Å². The molecule has 0 spiro atoms. The average molecular weight is 392 g/mol. The minimum atomic E-state index is -3.81. The highest BCUT2D eigenvalue weighted by atomic mass is 32.2. The maximum Gasteiger partial charge on any atom is 0.264 e. The summed E-state index contributed by atoms with van der Waals surface area (Å²) in [5, 5.41) is 2.72. The summed E-state index contributed by atoms with van der Waals surface area (Å²) in [6, 6.07) is 11.7. The molecule has 0 aliphatic rings. The van der Waals surface area contributed by atoms with Crippen LogP contribution in [0.25, 0.3) is 0 Å². The Labute approximate surface area is 159 Å². The molecule has 2 rings (SSSR count). The largest absolute Gasteiger partial charge is 0.491 e. The molecule has 8 heteroatoms. The van der Waals surface area contributed by atoms with E-state index in [2.05, 4.69) is 5.32 Å². The van der Waals surface area contributed by atoms with Crippen LogP contribution < -0.4 is 10.1 Å². The summed E-state index contributed by atoms with van der Waals surface area (Å²) < 4.78 is 30.9. The fourth-order valence-corrected chi connectivity index (χ4v) is 3.45. The second kappa shape index (κ2) is 8.98. The number of aryl methyl sites for hydroxylation is 2. The Morgan fingerprint density at radius 2 is 1.89 bits per heavy atom. The first kappa shape index (κ1) is 20.9. The molecule has 0 saturated carbocycles. The third-order valence-electron chi connectivity index (χ3n) is 3.97. The second-order valence-corrected chi connectivity index (χ2v) is 7.93. The number of sulfonamides is 1. The molecular formula is C19H24N2O5S. The Kier molecular flexibility index (Phi) is 6.95. The normalized spacial score (nSPS) is 11.4. The zero-order chi connectivity index (χ0) is 20.0. The third-order valence-corrected chi connectivity index (χ3v) is 5.64. The molecule has 0 aliphatic heterocycles. The van der Waals surface area contributed by atoms with Crippen LogP contribution in [-0.2, 0) is 14.9 Å². The smallest absolute Gasteiger partial charge is 0.264 e. The number of hydroxylamine groups is 1. The van der Waals surface area contributed by atoms with E-state index in [1.165, 1.54) is 32.4 Å². The van der Waals surface area contributed by atoms with Gasteiger partial charge in [-0.1, -0.05) is 28.2 Å². The van der Waals surface area contributed by atoms with E-state index < -0.39 is 10.0 Å². The van der Waals surface area contributed by atoms with Crippen LogP contribution in [0.5, 0.6) is 5.75 Å². The van der Waals surface area contributed by atoms with Gasteiger partial charge in [0.15, 0.2) is 0 Å². The molecule has 146 valence electrons. The fourth-order valence-electron chi connectivity index (χ4n) is 2.43. The molecule has 1 N–H and O–H groups in total. The van der Waals surface area contributed by atoms with Crippen molar-refractivity contribution in [3.05, 3.63) is 59.2 Å². The van der Waals surface area contributed by atoms with Crippen molar-refractivity contribution in [2.24, 2.45) is 0 Å². The van der Waals surface area contributed by atoms with Gasteiger partial charge in [-0.2, -0.15) is 0 Å². The first-order chi connectivity index (χ1) is 12.8. The molecule has 0 unspecified atom stereocenters. The van der Waals surface area contributed by atoms with Gasteiger partial charge in [-0.15, -0.1) is 0 Å². The molecule has 2 aromatic carbocycles. The minimum Gasteiger partial charge on any atom is -0.491 e. The Morgan fingerprint density at radius 3 is 2.56 bits per heavy atom. The highest BCUT2D eigenvalue weighted by Gasteiger charge is 2.21.